The maximum absolute atomic E-state index is 3.54. The van der Waals surface area contributed by atoms with Crippen LogP contribution < -0.4 is 4.57 Å². The molecule has 0 aliphatic carbocycles. The Kier molecular flexibility index (Phi) is 12.0. The molecular weight excluding hydrogens is 292 g/mol. The molecule has 24 heavy (non-hydrogen) atoms. The van der Waals surface area contributed by atoms with Crippen molar-refractivity contribution in [1.82, 2.24) is 4.98 Å². The Hall–Kier alpha value is -0.790. The van der Waals surface area contributed by atoms with Crippen molar-refractivity contribution in [1.29, 1.82) is 0 Å². The van der Waals surface area contributed by atoms with Crippen LogP contribution in [0.1, 0.15) is 129 Å². The zero-order chi connectivity index (χ0) is 17.6. The fraction of sp³-hybridized carbons (Fsp3) is 0.864. The van der Waals surface area contributed by atoms with Crippen molar-refractivity contribution < 1.29 is 4.57 Å². The van der Waals surface area contributed by atoms with Crippen LogP contribution in [0.2, 0.25) is 0 Å². The molecule has 0 aromatic carbocycles. The van der Waals surface area contributed by atoms with Gasteiger partial charge in [0, 0.05) is 0 Å². The van der Waals surface area contributed by atoms with E-state index in [1.165, 1.54) is 89.3 Å². The molecule has 0 saturated carbocycles. The van der Waals surface area contributed by atoms with Gasteiger partial charge in [-0.25, -0.2) is 9.55 Å². The molecule has 0 spiro atoms. The van der Waals surface area contributed by atoms with Gasteiger partial charge >= 0.3 is 0 Å². The first-order valence-corrected chi connectivity index (χ1v) is 10.8. The lowest BCUT2D eigenvalue weighted by Crippen LogP contribution is -2.39. The van der Waals surface area contributed by atoms with Gasteiger partial charge < -0.3 is 0 Å². The van der Waals surface area contributed by atoms with Gasteiger partial charge in [-0.15, -0.1) is 0 Å². The summed E-state index contributed by atoms with van der Waals surface area (Å²) in [5, 5.41) is 0. The Bertz CT molecular complexity index is 394. The summed E-state index contributed by atoms with van der Waals surface area (Å²) in [6, 6.07) is 0.554. The molecule has 140 valence electrons. The van der Waals surface area contributed by atoms with E-state index in [2.05, 4.69) is 49.6 Å². The average Bonchev–Trinajstić information content (AvgIpc) is 3.06. The number of H-pyrrole nitrogens is 1. The standard InChI is InChI=1S/C22H42N2/c1-5-7-9-10-11-12-13-14-15-17-21(16-8-6-2)22-23-18-19-24(22)20(3)4/h18-21H,5-17H2,1-4H3/p+1/t21-/m0/s1. The second-order valence-corrected chi connectivity index (χ2v) is 7.80. The van der Waals surface area contributed by atoms with Crippen LogP contribution in [0.15, 0.2) is 12.4 Å². The summed E-state index contributed by atoms with van der Waals surface area (Å²) in [6.45, 7) is 9.17. The highest BCUT2D eigenvalue weighted by atomic mass is 15.1. The van der Waals surface area contributed by atoms with Gasteiger partial charge in [-0.3, -0.25) is 0 Å². The number of imidazole rings is 1. The first-order valence-electron chi connectivity index (χ1n) is 10.8. The number of nitrogens with one attached hydrogen (secondary N) is 1. The molecule has 2 heteroatoms. The van der Waals surface area contributed by atoms with Gasteiger partial charge in [-0.1, -0.05) is 84.5 Å². The Morgan fingerprint density at radius 1 is 0.792 bits per heavy atom. The van der Waals surface area contributed by atoms with Gasteiger partial charge in [0.05, 0.1) is 12.0 Å². The molecule has 1 heterocycles. The Labute approximate surface area is 151 Å². The van der Waals surface area contributed by atoms with Crippen LogP contribution in [-0.2, 0) is 0 Å². The van der Waals surface area contributed by atoms with Crippen molar-refractivity contribution in [3.63, 3.8) is 0 Å². The molecular formula is C22H43N2+. The van der Waals surface area contributed by atoms with Crippen LogP contribution in [0.4, 0.5) is 0 Å². The third kappa shape index (κ3) is 8.35. The molecule has 1 aromatic heterocycles. The molecule has 0 amide bonds. The monoisotopic (exact) mass is 335 g/mol. The summed E-state index contributed by atoms with van der Waals surface area (Å²) in [5.41, 5.74) is 0. The Morgan fingerprint density at radius 3 is 1.92 bits per heavy atom. The number of nitrogens with zero attached hydrogens (tertiary/aromatic N) is 1. The quantitative estimate of drug-likeness (QED) is 0.261. The molecule has 0 saturated heterocycles. The highest BCUT2D eigenvalue weighted by molar-refractivity contribution is 4.90. The zero-order valence-electron chi connectivity index (χ0n) is 16.9. The first kappa shape index (κ1) is 21.3. The van der Waals surface area contributed by atoms with E-state index in [1.54, 1.807) is 0 Å². The fourth-order valence-corrected chi connectivity index (χ4v) is 3.71. The summed E-state index contributed by atoms with van der Waals surface area (Å²) < 4.78 is 2.44. The predicted octanol–water partition coefficient (Wildman–Crippen LogP) is 7.08. The first-order chi connectivity index (χ1) is 11.7. The van der Waals surface area contributed by atoms with Crippen molar-refractivity contribution in [3.8, 4) is 0 Å². The number of aromatic amines is 1. The van der Waals surface area contributed by atoms with Crippen LogP contribution in [0.5, 0.6) is 0 Å². The Balaban J connectivity index is 2.30. The lowest BCUT2D eigenvalue weighted by Gasteiger charge is -2.15. The number of hydrogen-bond acceptors (Lipinski definition) is 0. The minimum atomic E-state index is 0.554. The third-order valence-corrected chi connectivity index (χ3v) is 5.25. The van der Waals surface area contributed by atoms with Crippen LogP contribution >= 0.6 is 0 Å². The molecule has 1 aromatic rings. The molecule has 0 radical (unpaired) electrons. The Morgan fingerprint density at radius 2 is 1.33 bits per heavy atom. The largest absolute Gasteiger partial charge is 0.257 e. The van der Waals surface area contributed by atoms with E-state index in [-0.39, 0.29) is 0 Å². The van der Waals surface area contributed by atoms with Gasteiger partial charge in [0.2, 0.25) is 0 Å². The molecule has 1 atom stereocenters. The summed E-state index contributed by atoms with van der Waals surface area (Å²) in [5.74, 6) is 2.17. The topological polar surface area (TPSA) is 19.7 Å². The maximum atomic E-state index is 3.54. The molecule has 1 rings (SSSR count). The zero-order valence-corrected chi connectivity index (χ0v) is 16.9. The lowest BCUT2D eigenvalue weighted by atomic mass is 9.94. The van der Waals surface area contributed by atoms with Crippen LogP contribution in [0.25, 0.3) is 0 Å². The van der Waals surface area contributed by atoms with E-state index in [0.717, 1.165) is 0 Å². The highest BCUT2D eigenvalue weighted by Gasteiger charge is 2.23. The van der Waals surface area contributed by atoms with Crippen LogP contribution in [0, 0.1) is 0 Å². The van der Waals surface area contributed by atoms with E-state index in [9.17, 15) is 0 Å². The van der Waals surface area contributed by atoms with Gasteiger partial charge in [0.25, 0.3) is 5.82 Å². The van der Waals surface area contributed by atoms with Crippen molar-refractivity contribution in [2.45, 2.75) is 123 Å². The van der Waals surface area contributed by atoms with Crippen molar-refractivity contribution >= 4 is 0 Å². The minimum absolute atomic E-state index is 0.554. The summed E-state index contributed by atoms with van der Waals surface area (Å²) in [4.78, 5) is 3.54. The van der Waals surface area contributed by atoms with Crippen molar-refractivity contribution in [3.05, 3.63) is 18.2 Å². The van der Waals surface area contributed by atoms with Gasteiger partial charge in [0.1, 0.15) is 12.4 Å². The lowest BCUT2D eigenvalue weighted by molar-refractivity contribution is -0.723. The minimum Gasteiger partial charge on any atom is -0.247 e. The summed E-state index contributed by atoms with van der Waals surface area (Å²) >= 11 is 0. The second-order valence-electron chi connectivity index (χ2n) is 7.80. The number of rotatable bonds is 15. The molecule has 0 unspecified atom stereocenters. The van der Waals surface area contributed by atoms with Gasteiger partial charge in [-0.05, 0) is 26.7 Å². The van der Waals surface area contributed by atoms with E-state index in [1.807, 2.05) is 0 Å². The molecule has 2 nitrogen and oxygen atoms in total. The van der Waals surface area contributed by atoms with Crippen LogP contribution in [-0.4, -0.2) is 4.98 Å². The highest BCUT2D eigenvalue weighted by Crippen LogP contribution is 2.25. The average molecular weight is 336 g/mol. The van der Waals surface area contributed by atoms with Crippen LogP contribution in [0.3, 0.4) is 0 Å². The third-order valence-electron chi connectivity index (χ3n) is 5.25. The number of unbranched alkanes of at least 4 members (excludes halogenated alkanes) is 9. The number of hydrogen-bond donors (Lipinski definition) is 1. The molecule has 0 aliphatic heterocycles. The maximum Gasteiger partial charge on any atom is 0.257 e. The predicted molar refractivity (Wildman–Crippen MR) is 105 cm³/mol. The smallest absolute Gasteiger partial charge is 0.247 e. The molecule has 0 aliphatic rings. The van der Waals surface area contributed by atoms with E-state index < -0.39 is 0 Å². The molecule has 0 bridgehead atoms. The van der Waals surface area contributed by atoms with E-state index in [0.29, 0.717) is 12.0 Å². The molecule has 0 fully saturated rings. The van der Waals surface area contributed by atoms with E-state index in [4.69, 9.17) is 0 Å². The second kappa shape index (κ2) is 13.5. The van der Waals surface area contributed by atoms with Crippen molar-refractivity contribution in [2.75, 3.05) is 0 Å². The van der Waals surface area contributed by atoms with Gasteiger partial charge in [0.15, 0.2) is 0 Å². The van der Waals surface area contributed by atoms with E-state index >= 15 is 0 Å². The molecule has 1 N–H and O–H groups in total. The van der Waals surface area contributed by atoms with Crippen molar-refractivity contribution in [2.24, 2.45) is 0 Å². The van der Waals surface area contributed by atoms with Gasteiger partial charge in [-0.2, -0.15) is 0 Å². The SMILES string of the molecule is CCCCCCCCCCC[C@H](CCCC)c1[nH]cc[n+]1C(C)C. The summed E-state index contributed by atoms with van der Waals surface area (Å²) in [6.07, 6.45) is 22.5. The summed E-state index contributed by atoms with van der Waals surface area (Å²) in [7, 11) is 0. The fourth-order valence-electron chi connectivity index (χ4n) is 3.71. The number of aromatic nitrogens is 2. The normalized spacial score (nSPS) is 12.9.